The Morgan fingerprint density at radius 2 is 2.06 bits per heavy atom. The molecule has 1 saturated carbocycles. The number of fused-ring (bicyclic) bond motifs is 1. The molecule has 35 heavy (non-hydrogen) atoms. The van der Waals surface area contributed by atoms with Gasteiger partial charge in [-0.25, -0.2) is 8.42 Å². The predicted molar refractivity (Wildman–Crippen MR) is 133 cm³/mol. The van der Waals surface area contributed by atoms with Crippen LogP contribution in [0.3, 0.4) is 0 Å². The number of ether oxygens (including phenoxy) is 2. The van der Waals surface area contributed by atoms with Gasteiger partial charge in [0.15, 0.2) is 0 Å². The fourth-order valence-corrected chi connectivity index (χ4v) is 6.46. The summed E-state index contributed by atoms with van der Waals surface area (Å²) in [5.74, 6) is 6.85. The molecule has 194 valence electrons. The molecule has 1 fully saturated rings. The lowest BCUT2D eigenvalue weighted by Crippen LogP contribution is -2.50. The fourth-order valence-electron chi connectivity index (χ4n) is 4.64. The molecule has 9 heteroatoms. The van der Waals surface area contributed by atoms with Crippen LogP contribution in [0.15, 0.2) is 23.1 Å². The molecule has 0 radical (unpaired) electrons. The quantitative estimate of drug-likeness (QED) is 0.571. The number of hydrogen-bond acceptors (Lipinski definition) is 6. The molecule has 2 aliphatic rings. The number of rotatable bonds is 7. The van der Waals surface area contributed by atoms with Gasteiger partial charge in [0.05, 0.1) is 13.2 Å². The van der Waals surface area contributed by atoms with E-state index in [2.05, 4.69) is 11.8 Å². The van der Waals surface area contributed by atoms with Crippen LogP contribution in [-0.2, 0) is 19.6 Å². The molecular formula is C26H38N2O6S. The SMILES string of the molecule is COCC(=O)N(C)C[C@H]1Oc2cc(C#CCC3CCCC3)ccc2S(=O)(=O)N([C@H](C)CO)C[C@H]1C. The van der Waals surface area contributed by atoms with E-state index in [4.69, 9.17) is 9.47 Å². The van der Waals surface area contributed by atoms with Crippen molar-refractivity contribution in [3.63, 3.8) is 0 Å². The molecule has 1 N–H and O–H groups in total. The standard InChI is InChI=1S/C26H38N2O6S/c1-19-15-28(20(2)17-29)35(31,32)25-13-12-22(11-7-10-21-8-5-6-9-21)14-23(25)34-24(19)16-27(3)26(30)18-33-4/h12-14,19-21,24,29H,5-6,8-10,15-18H2,1-4H3/t19-,20-,24-/m1/s1. The number of sulfonamides is 1. The molecule has 1 aromatic rings. The maximum absolute atomic E-state index is 13.6. The molecule has 1 heterocycles. The van der Waals surface area contributed by atoms with Gasteiger partial charge in [-0.3, -0.25) is 4.79 Å². The summed E-state index contributed by atoms with van der Waals surface area (Å²) < 4.78 is 39.7. The van der Waals surface area contributed by atoms with E-state index in [1.165, 1.54) is 48.1 Å². The lowest BCUT2D eigenvalue weighted by atomic mass is 10.0. The van der Waals surface area contributed by atoms with E-state index >= 15 is 0 Å². The summed E-state index contributed by atoms with van der Waals surface area (Å²) >= 11 is 0. The van der Waals surface area contributed by atoms with E-state index in [0.717, 1.165) is 6.42 Å². The molecule has 0 unspecified atom stereocenters. The largest absolute Gasteiger partial charge is 0.487 e. The number of aliphatic hydroxyl groups is 1. The minimum Gasteiger partial charge on any atom is -0.487 e. The number of hydrogen-bond donors (Lipinski definition) is 1. The maximum atomic E-state index is 13.6. The average molecular weight is 507 g/mol. The number of nitrogens with zero attached hydrogens (tertiary/aromatic N) is 2. The van der Waals surface area contributed by atoms with Crippen LogP contribution in [0.25, 0.3) is 0 Å². The Bertz CT molecular complexity index is 1040. The van der Waals surface area contributed by atoms with Gasteiger partial charge in [-0.05, 0) is 43.9 Å². The topological polar surface area (TPSA) is 96.4 Å². The molecule has 8 nitrogen and oxygen atoms in total. The Kier molecular flexibility index (Phi) is 9.59. The van der Waals surface area contributed by atoms with E-state index in [1.54, 1.807) is 26.1 Å². The Labute approximate surface area is 209 Å². The smallest absolute Gasteiger partial charge is 0.248 e. The molecule has 1 aliphatic heterocycles. The summed E-state index contributed by atoms with van der Waals surface area (Å²) in [5, 5.41) is 9.77. The average Bonchev–Trinajstić information content (AvgIpc) is 3.34. The first-order chi connectivity index (χ1) is 16.7. The Morgan fingerprint density at radius 3 is 2.71 bits per heavy atom. The zero-order chi connectivity index (χ0) is 25.6. The first-order valence-corrected chi connectivity index (χ1v) is 13.8. The molecule has 1 aromatic carbocycles. The third-order valence-corrected chi connectivity index (χ3v) is 8.93. The van der Waals surface area contributed by atoms with Gasteiger partial charge in [0.1, 0.15) is 23.4 Å². The van der Waals surface area contributed by atoms with E-state index in [-0.39, 0.29) is 48.8 Å². The molecular weight excluding hydrogens is 468 g/mol. The highest BCUT2D eigenvalue weighted by atomic mass is 32.2. The van der Waals surface area contributed by atoms with Gasteiger partial charge in [0, 0.05) is 44.6 Å². The Balaban J connectivity index is 1.96. The minimum atomic E-state index is -3.91. The normalized spacial score (nSPS) is 23.2. The summed E-state index contributed by atoms with van der Waals surface area (Å²) in [6, 6.07) is 4.32. The highest BCUT2D eigenvalue weighted by Crippen LogP contribution is 2.34. The van der Waals surface area contributed by atoms with Gasteiger partial charge in [-0.15, -0.1) is 0 Å². The number of aliphatic hydroxyl groups excluding tert-OH is 1. The van der Waals surface area contributed by atoms with Crippen LogP contribution in [0.4, 0.5) is 0 Å². The molecule has 3 atom stereocenters. The number of methoxy groups -OCH3 is 1. The summed E-state index contributed by atoms with van der Waals surface area (Å²) in [5.41, 5.74) is 0.689. The monoisotopic (exact) mass is 506 g/mol. The summed E-state index contributed by atoms with van der Waals surface area (Å²) in [4.78, 5) is 13.9. The van der Waals surface area contributed by atoms with Crippen molar-refractivity contribution in [1.82, 2.24) is 9.21 Å². The van der Waals surface area contributed by atoms with Crippen LogP contribution in [0.5, 0.6) is 5.75 Å². The number of amides is 1. The highest BCUT2D eigenvalue weighted by Gasteiger charge is 2.38. The lowest BCUT2D eigenvalue weighted by molar-refractivity contribution is -0.135. The van der Waals surface area contributed by atoms with Gasteiger partial charge < -0.3 is 19.5 Å². The molecule has 3 rings (SSSR count). The lowest BCUT2D eigenvalue weighted by Gasteiger charge is -2.37. The second kappa shape index (κ2) is 12.2. The zero-order valence-corrected chi connectivity index (χ0v) is 22.0. The van der Waals surface area contributed by atoms with Crippen molar-refractivity contribution in [1.29, 1.82) is 0 Å². The third kappa shape index (κ3) is 6.76. The van der Waals surface area contributed by atoms with E-state index in [0.29, 0.717) is 11.5 Å². The number of carbonyl (C=O) groups is 1. The van der Waals surface area contributed by atoms with Crippen LogP contribution in [0.1, 0.15) is 51.5 Å². The van der Waals surface area contributed by atoms with Crippen molar-refractivity contribution in [3.8, 4) is 17.6 Å². The molecule has 1 amide bonds. The Morgan fingerprint density at radius 1 is 1.34 bits per heavy atom. The highest BCUT2D eigenvalue weighted by molar-refractivity contribution is 7.89. The van der Waals surface area contributed by atoms with Crippen molar-refractivity contribution < 1.29 is 27.8 Å². The molecule has 0 bridgehead atoms. The van der Waals surface area contributed by atoms with Crippen LogP contribution in [0.2, 0.25) is 0 Å². The molecule has 0 spiro atoms. The van der Waals surface area contributed by atoms with Crippen molar-refractivity contribution in [3.05, 3.63) is 23.8 Å². The second-order valence-electron chi connectivity index (χ2n) is 9.77. The predicted octanol–water partition coefficient (Wildman–Crippen LogP) is 2.49. The first-order valence-electron chi connectivity index (χ1n) is 12.3. The minimum absolute atomic E-state index is 0.0434. The maximum Gasteiger partial charge on any atom is 0.248 e. The van der Waals surface area contributed by atoms with Crippen molar-refractivity contribution in [2.75, 3.05) is 40.5 Å². The van der Waals surface area contributed by atoms with Gasteiger partial charge in [-0.2, -0.15) is 4.31 Å². The van der Waals surface area contributed by atoms with Crippen molar-refractivity contribution in [2.24, 2.45) is 11.8 Å². The number of likely N-dealkylation sites (N-methyl/N-ethyl adjacent to an activating group) is 1. The van der Waals surface area contributed by atoms with Crippen LogP contribution >= 0.6 is 0 Å². The van der Waals surface area contributed by atoms with Gasteiger partial charge in [-0.1, -0.05) is 31.6 Å². The summed E-state index contributed by atoms with van der Waals surface area (Å²) in [7, 11) is -0.777. The fraction of sp³-hybridized carbons (Fsp3) is 0.654. The molecule has 0 saturated heterocycles. The van der Waals surface area contributed by atoms with Crippen molar-refractivity contribution in [2.45, 2.75) is 63.0 Å². The van der Waals surface area contributed by atoms with Gasteiger partial charge in [0.25, 0.3) is 0 Å². The molecule has 1 aliphatic carbocycles. The van der Waals surface area contributed by atoms with Crippen molar-refractivity contribution >= 4 is 15.9 Å². The van der Waals surface area contributed by atoms with E-state index in [9.17, 15) is 18.3 Å². The number of benzene rings is 1. The zero-order valence-electron chi connectivity index (χ0n) is 21.2. The van der Waals surface area contributed by atoms with E-state index < -0.39 is 22.2 Å². The number of carbonyl (C=O) groups excluding carboxylic acids is 1. The summed E-state index contributed by atoms with van der Waals surface area (Å²) in [6.45, 7) is 3.65. The summed E-state index contributed by atoms with van der Waals surface area (Å²) in [6.07, 6.45) is 5.33. The van der Waals surface area contributed by atoms with Crippen LogP contribution in [0, 0.1) is 23.7 Å². The second-order valence-corrected chi connectivity index (χ2v) is 11.6. The Hall–Kier alpha value is -2.12. The first kappa shape index (κ1) is 27.5. The van der Waals surface area contributed by atoms with Gasteiger partial charge >= 0.3 is 0 Å². The third-order valence-electron chi connectivity index (χ3n) is 6.91. The van der Waals surface area contributed by atoms with E-state index in [1.807, 2.05) is 6.92 Å². The van der Waals surface area contributed by atoms with Gasteiger partial charge in [0.2, 0.25) is 15.9 Å². The molecule has 0 aromatic heterocycles. The van der Waals surface area contributed by atoms with Crippen LogP contribution < -0.4 is 4.74 Å². The van der Waals surface area contributed by atoms with Crippen LogP contribution in [-0.4, -0.2) is 81.2 Å².